The van der Waals surface area contributed by atoms with Crippen molar-refractivity contribution in [2.45, 2.75) is 347 Å². The fraction of sp³-hybridized carbons (Fsp3) is 0.759. The van der Waals surface area contributed by atoms with Crippen LogP contribution in [0.5, 0.6) is 0 Å². The molecule has 0 aromatic rings. The molecule has 4 N–H and O–H groups in total. The third-order valence-electron chi connectivity index (χ3n) is 16.3. The van der Waals surface area contributed by atoms with E-state index in [0.717, 1.165) is 128 Å². The molecule has 16 nitrogen and oxygen atoms in total. The second-order valence-electron chi connectivity index (χ2n) is 25.8. The molecular weight excluding hydrogens is 1270 g/mol. The third kappa shape index (κ3) is 73.5. The standard InChI is InChI=1S/C79H140O16P2/c1-4-7-10-13-16-19-22-24-26-28-30-31-32-33-34-35-36-37-38-39-40-41-43-45-46-48-51-53-56-59-62-65-77(82)89-68-74(80)69-91-96(85,86)92-70-75(81)71-93-97(87,88)94-73-76(95-79(84)67-64-61-58-55-50-21-18-15-12-9-6-3)72-90-78(83)66-63-60-57-54-52-49-47-44-42-29-27-25-23-20-17-14-11-8-5-2/h8,11,16-17,19-20,24-27,30-31,33-34,42,44,74-76,80-81H,4-7,9-10,12-15,18,21-23,28-29,32,35-41,43,45-73H2,1-3H3,(H,85,86)(H,87,88)/b11-8-,19-16-,20-17-,26-24-,27-25-,31-30-,34-33-,44-42-. The fourth-order valence-corrected chi connectivity index (χ4v) is 12.0. The summed E-state index contributed by atoms with van der Waals surface area (Å²) in [6.07, 6.45) is 81.9. The predicted molar refractivity (Wildman–Crippen MR) is 399 cm³/mol. The topological polar surface area (TPSA) is 231 Å². The lowest BCUT2D eigenvalue weighted by Gasteiger charge is -2.21. The summed E-state index contributed by atoms with van der Waals surface area (Å²) in [5.74, 6) is -1.58. The van der Waals surface area contributed by atoms with Gasteiger partial charge in [0.15, 0.2) is 6.10 Å². The number of esters is 3. The van der Waals surface area contributed by atoms with Gasteiger partial charge in [-0.2, -0.15) is 0 Å². The number of aliphatic hydroxyl groups excluding tert-OH is 2. The molecule has 0 saturated heterocycles. The van der Waals surface area contributed by atoms with E-state index < -0.39 is 91.5 Å². The molecule has 18 heteroatoms. The van der Waals surface area contributed by atoms with Gasteiger partial charge in [-0.15, -0.1) is 0 Å². The average Bonchev–Trinajstić information content (AvgIpc) is 3.19. The van der Waals surface area contributed by atoms with Gasteiger partial charge in [-0.05, 0) is 103 Å². The highest BCUT2D eigenvalue weighted by Gasteiger charge is 2.29. The minimum absolute atomic E-state index is 0.104. The van der Waals surface area contributed by atoms with Gasteiger partial charge in [-0.25, -0.2) is 9.13 Å². The van der Waals surface area contributed by atoms with Crippen molar-refractivity contribution in [3.8, 4) is 0 Å². The van der Waals surface area contributed by atoms with Crippen molar-refractivity contribution < 1.29 is 75.8 Å². The zero-order valence-electron chi connectivity index (χ0n) is 61.2. The summed E-state index contributed by atoms with van der Waals surface area (Å²) in [4.78, 5) is 58.5. The molecule has 5 unspecified atom stereocenters. The van der Waals surface area contributed by atoms with Gasteiger partial charge in [-0.3, -0.25) is 32.5 Å². The number of phosphoric acid groups is 2. The van der Waals surface area contributed by atoms with Crippen LogP contribution in [0, 0.1) is 0 Å². The van der Waals surface area contributed by atoms with Crippen LogP contribution in [-0.4, -0.2) is 95.9 Å². The molecule has 0 spiro atoms. The van der Waals surface area contributed by atoms with Crippen LogP contribution in [-0.2, 0) is 55.8 Å². The number of hydrogen-bond acceptors (Lipinski definition) is 14. The summed E-state index contributed by atoms with van der Waals surface area (Å²) < 4.78 is 61.0. The molecule has 0 heterocycles. The van der Waals surface area contributed by atoms with Gasteiger partial charge >= 0.3 is 33.6 Å². The highest BCUT2D eigenvalue weighted by atomic mass is 31.2. The number of phosphoric ester groups is 2. The number of rotatable bonds is 73. The summed E-state index contributed by atoms with van der Waals surface area (Å²) in [6, 6.07) is 0. The Kier molecular flexibility index (Phi) is 69.6. The van der Waals surface area contributed by atoms with Crippen molar-refractivity contribution in [3.63, 3.8) is 0 Å². The van der Waals surface area contributed by atoms with Crippen LogP contribution in [0.4, 0.5) is 0 Å². The summed E-state index contributed by atoms with van der Waals surface area (Å²) in [6.45, 7) is 2.54. The van der Waals surface area contributed by atoms with Crippen LogP contribution in [0.1, 0.15) is 329 Å². The van der Waals surface area contributed by atoms with Crippen LogP contribution in [0.2, 0.25) is 0 Å². The molecule has 0 aliphatic heterocycles. The molecule has 0 radical (unpaired) electrons. The number of allylic oxidation sites excluding steroid dienone is 16. The van der Waals surface area contributed by atoms with E-state index in [2.05, 4.69) is 118 Å². The van der Waals surface area contributed by atoms with Crippen LogP contribution >= 0.6 is 15.6 Å². The average molecular weight is 1410 g/mol. The molecule has 97 heavy (non-hydrogen) atoms. The minimum Gasteiger partial charge on any atom is -0.463 e. The van der Waals surface area contributed by atoms with Crippen LogP contribution < -0.4 is 0 Å². The van der Waals surface area contributed by atoms with Crippen molar-refractivity contribution in [1.29, 1.82) is 0 Å². The highest BCUT2D eigenvalue weighted by molar-refractivity contribution is 7.47. The van der Waals surface area contributed by atoms with Crippen molar-refractivity contribution in [1.82, 2.24) is 0 Å². The quantitative estimate of drug-likeness (QED) is 0.0146. The molecular formula is C79H140O16P2. The Labute approximate surface area is 590 Å². The van der Waals surface area contributed by atoms with E-state index in [-0.39, 0.29) is 19.3 Å². The second kappa shape index (κ2) is 72.3. The Morgan fingerprint density at radius 2 is 0.546 bits per heavy atom. The number of hydrogen-bond donors (Lipinski definition) is 4. The maximum absolute atomic E-state index is 12.9. The largest absolute Gasteiger partial charge is 0.472 e. The Hall–Kier alpha value is -3.53. The number of carbonyl (C=O) groups excluding carboxylic acids is 3. The number of ether oxygens (including phenoxy) is 3. The molecule has 0 bridgehead atoms. The molecule has 0 aromatic heterocycles. The van der Waals surface area contributed by atoms with E-state index in [9.17, 15) is 43.5 Å². The first-order valence-electron chi connectivity index (χ1n) is 38.5. The van der Waals surface area contributed by atoms with Crippen LogP contribution in [0.15, 0.2) is 97.2 Å². The first-order valence-corrected chi connectivity index (χ1v) is 41.5. The number of unbranched alkanes of at least 4 members (excludes halogenated alkanes) is 34. The summed E-state index contributed by atoms with van der Waals surface area (Å²) >= 11 is 0. The zero-order chi connectivity index (χ0) is 70.9. The van der Waals surface area contributed by atoms with E-state index in [1.165, 1.54) is 141 Å². The number of carbonyl (C=O) groups is 3. The van der Waals surface area contributed by atoms with Crippen molar-refractivity contribution in [2.75, 3.05) is 39.6 Å². The van der Waals surface area contributed by atoms with E-state index >= 15 is 0 Å². The molecule has 0 aromatic carbocycles. The molecule has 0 fully saturated rings. The molecule has 0 rings (SSSR count). The van der Waals surface area contributed by atoms with Crippen molar-refractivity contribution >= 4 is 33.6 Å². The van der Waals surface area contributed by atoms with E-state index in [1.807, 2.05) is 0 Å². The van der Waals surface area contributed by atoms with Gasteiger partial charge in [0, 0.05) is 19.3 Å². The van der Waals surface area contributed by atoms with Gasteiger partial charge in [0.2, 0.25) is 0 Å². The van der Waals surface area contributed by atoms with Crippen LogP contribution in [0.3, 0.4) is 0 Å². The lowest BCUT2D eigenvalue weighted by Crippen LogP contribution is -2.30. The van der Waals surface area contributed by atoms with Crippen LogP contribution in [0.25, 0.3) is 0 Å². The summed E-state index contributed by atoms with van der Waals surface area (Å²) in [5.41, 5.74) is 0. The van der Waals surface area contributed by atoms with Gasteiger partial charge in [-0.1, -0.05) is 304 Å². The molecule has 0 amide bonds. The normalized spacial score (nSPS) is 14.6. The first-order chi connectivity index (χ1) is 47.2. The summed E-state index contributed by atoms with van der Waals surface area (Å²) in [5, 5.41) is 20.6. The maximum Gasteiger partial charge on any atom is 0.472 e. The molecule has 5 atom stereocenters. The zero-order valence-corrected chi connectivity index (χ0v) is 63.0. The molecule has 562 valence electrons. The number of aliphatic hydroxyl groups is 2. The van der Waals surface area contributed by atoms with Gasteiger partial charge in [0.1, 0.15) is 25.4 Å². The molecule has 0 aliphatic rings. The molecule has 0 aliphatic carbocycles. The Bertz CT molecular complexity index is 2150. The molecule has 0 saturated carbocycles. The fourth-order valence-electron chi connectivity index (χ4n) is 10.4. The first kappa shape index (κ1) is 93.5. The van der Waals surface area contributed by atoms with Crippen molar-refractivity contribution in [3.05, 3.63) is 97.2 Å². The smallest absolute Gasteiger partial charge is 0.463 e. The minimum atomic E-state index is -4.92. The van der Waals surface area contributed by atoms with Gasteiger partial charge in [0.25, 0.3) is 0 Å². The van der Waals surface area contributed by atoms with E-state index in [0.29, 0.717) is 19.3 Å². The monoisotopic (exact) mass is 1410 g/mol. The lowest BCUT2D eigenvalue weighted by molar-refractivity contribution is -0.161. The Balaban J connectivity index is 4.39. The maximum atomic E-state index is 12.9. The Morgan fingerprint density at radius 3 is 0.887 bits per heavy atom. The van der Waals surface area contributed by atoms with E-state index in [1.54, 1.807) is 0 Å². The van der Waals surface area contributed by atoms with Gasteiger partial charge < -0.3 is 34.2 Å². The lowest BCUT2D eigenvalue weighted by atomic mass is 10.0. The summed E-state index contributed by atoms with van der Waals surface area (Å²) in [7, 11) is -9.77. The third-order valence-corrected chi connectivity index (χ3v) is 18.2. The van der Waals surface area contributed by atoms with Gasteiger partial charge in [0.05, 0.1) is 26.4 Å². The second-order valence-corrected chi connectivity index (χ2v) is 28.7. The van der Waals surface area contributed by atoms with Crippen molar-refractivity contribution in [2.24, 2.45) is 0 Å². The highest BCUT2D eigenvalue weighted by Crippen LogP contribution is 2.45. The van der Waals surface area contributed by atoms with E-state index in [4.69, 9.17) is 32.3 Å². The SMILES string of the molecule is CC/C=C\C/C=C\C/C=C\C/C=C\CCCCCCCCC(=O)OCC(COP(=O)(O)OCC(O)COP(=O)(O)OCC(O)COC(=O)CCCCCCCCCCCCCCCCC/C=C\C/C=C\C/C=C\C/C=C\CCCCC)OC(=O)CCCCCCCCCCCCC. The Morgan fingerprint density at radius 1 is 0.299 bits per heavy atom. The predicted octanol–water partition coefficient (Wildman–Crippen LogP) is 22.2.